The molecule has 108 valence electrons. The maximum absolute atomic E-state index is 12.8. The SMILES string of the molecule is O=C(C1CCCCCC1)N(CC1CCCN1)C1CC1. The molecule has 1 atom stereocenters. The van der Waals surface area contributed by atoms with Crippen LogP contribution in [0.2, 0.25) is 0 Å². The van der Waals surface area contributed by atoms with Gasteiger partial charge in [0.05, 0.1) is 0 Å². The minimum Gasteiger partial charge on any atom is -0.338 e. The fourth-order valence-corrected chi connectivity index (χ4v) is 3.72. The monoisotopic (exact) mass is 264 g/mol. The maximum atomic E-state index is 12.8. The maximum Gasteiger partial charge on any atom is 0.225 e. The molecular weight excluding hydrogens is 236 g/mol. The van der Waals surface area contributed by atoms with Crippen molar-refractivity contribution in [2.75, 3.05) is 13.1 Å². The molecule has 1 amide bonds. The van der Waals surface area contributed by atoms with Crippen LogP contribution >= 0.6 is 0 Å². The third-order valence-corrected chi connectivity index (χ3v) is 5.05. The largest absolute Gasteiger partial charge is 0.338 e. The van der Waals surface area contributed by atoms with E-state index in [1.165, 1.54) is 51.4 Å². The van der Waals surface area contributed by atoms with Crippen LogP contribution in [0.1, 0.15) is 64.2 Å². The highest BCUT2D eigenvalue weighted by atomic mass is 16.2. The van der Waals surface area contributed by atoms with Gasteiger partial charge in [-0.15, -0.1) is 0 Å². The highest BCUT2D eigenvalue weighted by Crippen LogP contribution is 2.32. The van der Waals surface area contributed by atoms with E-state index in [9.17, 15) is 4.79 Å². The minimum atomic E-state index is 0.338. The van der Waals surface area contributed by atoms with E-state index in [0.29, 0.717) is 23.9 Å². The van der Waals surface area contributed by atoms with Crippen LogP contribution in [0.15, 0.2) is 0 Å². The molecule has 3 heteroatoms. The second-order valence-electron chi connectivity index (χ2n) is 6.70. The molecule has 3 fully saturated rings. The number of rotatable bonds is 4. The number of amides is 1. The molecule has 3 aliphatic rings. The van der Waals surface area contributed by atoms with Crippen LogP contribution in [0, 0.1) is 5.92 Å². The third-order valence-electron chi connectivity index (χ3n) is 5.05. The standard InChI is InChI=1S/C16H28N2O/c19-16(13-6-3-1-2-4-7-13)18(15-9-10-15)12-14-8-5-11-17-14/h13-15,17H,1-12H2. The molecule has 1 aliphatic heterocycles. The molecule has 1 heterocycles. The topological polar surface area (TPSA) is 32.3 Å². The molecular formula is C16H28N2O. The second-order valence-corrected chi connectivity index (χ2v) is 6.70. The number of carbonyl (C=O) groups is 1. The van der Waals surface area contributed by atoms with Crippen molar-refractivity contribution in [1.82, 2.24) is 10.2 Å². The van der Waals surface area contributed by atoms with Crippen molar-refractivity contribution < 1.29 is 4.79 Å². The van der Waals surface area contributed by atoms with E-state index in [0.717, 1.165) is 25.9 Å². The Morgan fingerprint density at radius 2 is 1.68 bits per heavy atom. The number of hydrogen-bond acceptors (Lipinski definition) is 2. The summed E-state index contributed by atoms with van der Waals surface area (Å²) in [4.78, 5) is 15.1. The van der Waals surface area contributed by atoms with E-state index >= 15 is 0 Å². The molecule has 1 saturated heterocycles. The van der Waals surface area contributed by atoms with Crippen LogP contribution in [-0.4, -0.2) is 36.0 Å². The van der Waals surface area contributed by atoms with Gasteiger partial charge in [0.15, 0.2) is 0 Å². The van der Waals surface area contributed by atoms with E-state index < -0.39 is 0 Å². The molecule has 0 aromatic rings. The third kappa shape index (κ3) is 3.50. The lowest BCUT2D eigenvalue weighted by atomic mass is 9.98. The molecule has 19 heavy (non-hydrogen) atoms. The van der Waals surface area contributed by atoms with Crippen LogP contribution in [-0.2, 0) is 4.79 Å². The van der Waals surface area contributed by atoms with E-state index in [-0.39, 0.29) is 0 Å². The number of nitrogens with one attached hydrogen (secondary N) is 1. The minimum absolute atomic E-state index is 0.338. The second kappa shape index (κ2) is 6.25. The summed E-state index contributed by atoms with van der Waals surface area (Å²) in [7, 11) is 0. The molecule has 3 nitrogen and oxygen atoms in total. The molecule has 1 unspecified atom stereocenters. The van der Waals surface area contributed by atoms with E-state index in [4.69, 9.17) is 0 Å². The molecule has 3 rings (SSSR count). The predicted octanol–water partition coefficient (Wildman–Crippen LogP) is 2.70. The van der Waals surface area contributed by atoms with Gasteiger partial charge in [0, 0.05) is 24.5 Å². The molecule has 2 aliphatic carbocycles. The molecule has 1 N–H and O–H groups in total. The van der Waals surface area contributed by atoms with E-state index in [1.54, 1.807) is 0 Å². The van der Waals surface area contributed by atoms with Gasteiger partial charge in [0.2, 0.25) is 5.91 Å². The van der Waals surface area contributed by atoms with Crippen LogP contribution < -0.4 is 5.32 Å². The average molecular weight is 264 g/mol. The zero-order chi connectivity index (χ0) is 13.1. The van der Waals surface area contributed by atoms with Crippen LogP contribution in [0.25, 0.3) is 0 Å². The lowest BCUT2D eigenvalue weighted by Crippen LogP contribution is -2.45. The van der Waals surface area contributed by atoms with Crippen molar-refractivity contribution in [3.05, 3.63) is 0 Å². The van der Waals surface area contributed by atoms with Gasteiger partial charge in [-0.05, 0) is 45.1 Å². The summed E-state index contributed by atoms with van der Waals surface area (Å²) in [5.74, 6) is 0.822. The molecule has 0 aromatic carbocycles. The van der Waals surface area contributed by atoms with Crippen LogP contribution in [0.4, 0.5) is 0 Å². The van der Waals surface area contributed by atoms with Crippen molar-refractivity contribution in [2.45, 2.75) is 76.3 Å². The van der Waals surface area contributed by atoms with Crippen LogP contribution in [0.3, 0.4) is 0 Å². The van der Waals surface area contributed by atoms with Gasteiger partial charge in [-0.3, -0.25) is 4.79 Å². The van der Waals surface area contributed by atoms with Gasteiger partial charge in [-0.25, -0.2) is 0 Å². The summed E-state index contributed by atoms with van der Waals surface area (Å²) in [6.45, 7) is 2.11. The first-order chi connectivity index (χ1) is 9.34. The van der Waals surface area contributed by atoms with Gasteiger partial charge in [0.1, 0.15) is 0 Å². The van der Waals surface area contributed by atoms with Gasteiger partial charge < -0.3 is 10.2 Å². The quantitative estimate of drug-likeness (QED) is 0.792. The van der Waals surface area contributed by atoms with Crippen molar-refractivity contribution in [3.63, 3.8) is 0 Å². The highest BCUT2D eigenvalue weighted by Gasteiger charge is 2.37. The molecule has 0 bridgehead atoms. The van der Waals surface area contributed by atoms with Crippen molar-refractivity contribution >= 4 is 5.91 Å². The summed E-state index contributed by atoms with van der Waals surface area (Å²) in [5.41, 5.74) is 0. The molecule has 0 spiro atoms. The normalized spacial score (nSPS) is 29.2. The predicted molar refractivity (Wildman–Crippen MR) is 77.0 cm³/mol. The lowest BCUT2D eigenvalue weighted by molar-refractivity contribution is -0.136. The van der Waals surface area contributed by atoms with Crippen molar-refractivity contribution in [3.8, 4) is 0 Å². The molecule has 0 radical (unpaired) electrons. The first-order valence-corrected chi connectivity index (χ1v) is 8.38. The summed E-state index contributed by atoms with van der Waals surface area (Å²) < 4.78 is 0. The Labute approximate surface area is 117 Å². The van der Waals surface area contributed by atoms with Gasteiger partial charge in [-0.2, -0.15) is 0 Å². The van der Waals surface area contributed by atoms with Crippen molar-refractivity contribution in [2.24, 2.45) is 5.92 Å². The van der Waals surface area contributed by atoms with Crippen LogP contribution in [0.5, 0.6) is 0 Å². The smallest absolute Gasteiger partial charge is 0.225 e. The fraction of sp³-hybridized carbons (Fsp3) is 0.938. The lowest BCUT2D eigenvalue weighted by Gasteiger charge is -2.29. The zero-order valence-corrected chi connectivity index (χ0v) is 12.1. The Bertz CT molecular complexity index is 300. The van der Waals surface area contributed by atoms with Gasteiger partial charge in [-0.1, -0.05) is 25.7 Å². The first kappa shape index (κ1) is 13.4. The Morgan fingerprint density at radius 1 is 0.947 bits per heavy atom. The summed E-state index contributed by atoms with van der Waals surface area (Å²) in [5, 5.41) is 3.55. The number of nitrogens with zero attached hydrogens (tertiary/aromatic N) is 1. The average Bonchev–Trinajstić information content (AvgIpc) is 3.19. The summed E-state index contributed by atoms with van der Waals surface area (Å²) >= 11 is 0. The number of hydrogen-bond donors (Lipinski definition) is 1. The van der Waals surface area contributed by atoms with E-state index in [2.05, 4.69) is 10.2 Å². The van der Waals surface area contributed by atoms with Gasteiger partial charge in [0.25, 0.3) is 0 Å². The van der Waals surface area contributed by atoms with Gasteiger partial charge >= 0.3 is 0 Å². The Morgan fingerprint density at radius 3 is 2.26 bits per heavy atom. The van der Waals surface area contributed by atoms with Crippen molar-refractivity contribution in [1.29, 1.82) is 0 Å². The number of carbonyl (C=O) groups excluding carboxylic acids is 1. The highest BCUT2D eigenvalue weighted by molar-refractivity contribution is 5.79. The van der Waals surface area contributed by atoms with E-state index in [1.807, 2.05) is 0 Å². The molecule has 2 saturated carbocycles. The summed E-state index contributed by atoms with van der Waals surface area (Å²) in [6.07, 6.45) is 12.5. The Balaban J connectivity index is 1.59. The fourth-order valence-electron chi connectivity index (χ4n) is 3.72. The Kier molecular flexibility index (Phi) is 4.42. The first-order valence-electron chi connectivity index (χ1n) is 8.38. The zero-order valence-electron chi connectivity index (χ0n) is 12.1. The Hall–Kier alpha value is -0.570. The molecule has 0 aromatic heterocycles. The summed E-state index contributed by atoms with van der Waals surface area (Å²) in [6, 6.07) is 1.15.